The van der Waals surface area contributed by atoms with Gasteiger partial charge in [0, 0.05) is 16.3 Å². The molecule has 1 aliphatic heterocycles. The average molecular weight is 332 g/mol. The normalized spacial score (nSPS) is 17.8. The monoisotopic (exact) mass is 331 g/mol. The number of Topliss-reactive ketones (excluding diaryl/α,β-unsaturated/α-hetero) is 1. The standard InChI is InChI=1S/C17H14ClNO2S/c1-11(20)12-4-8-15(9-5-12)19-16(21)10-22-17(19)13-2-6-14(18)7-3-13/h2-9,17H,10H2,1H3. The van der Waals surface area contributed by atoms with Crippen molar-refractivity contribution >= 4 is 40.7 Å². The topological polar surface area (TPSA) is 37.4 Å². The van der Waals surface area contributed by atoms with Crippen molar-refractivity contribution in [1.82, 2.24) is 0 Å². The molecular weight excluding hydrogens is 318 g/mol. The molecule has 22 heavy (non-hydrogen) atoms. The van der Waals surface area contributed by atoms with E-state index < -0.39 is 0 Å². The maximum absolute atomic E-state index is 12.3. The smallest absolute Gasteiger partial charge is 0.238 e. The molecule has 0 spiro atoms. The lowest BCUT2D eigenvalue weighted by atomic mass is 10.1. The second kappa shape index (κ2) is 6.15. The minimum absolute atomic E-state index is 0.0166. The van der Waals surface area contributed by atoms with Gasteiger partial charge in [0.25, 0.3) is 0 Å². The summed E-state index contributed by atoms with van der Waals surface area (Å²) in [6.07, 6.45) is 0. The molecule has 3 rings (SSSR count). The van der Waals surface area contributed by atoms with Gasteiger partial charge in [-0.3, -0.25) is 14.5 Å². The third-order valence-corrected chi connectivity index (χ3v) is 5.04. The van der Waals surface area contributed by atoms with Gasteiger partial charge in [0.15, 0.2) is 5.78 Å². The minimum atomic E-state index is -0.0621. The van der Waals surface area contributed by atoms with Gasteiger partial charge in [0.1, 0.15) is 5.37 Å². The molecule has 5 heteroatoms. The SMILES string of the molecule is CC(=O)c1ccc(N2C(=O)CSC2c2ccc(Cl)cc2)cc1. The fraction of sp³-hybridized carbons (Fsp3) is 0.176. The zero-order valence-corrected chi connectivity index (χ0v) is 13.5. The number of ketones is 1. The van der Waals surface area contributed by atoms with E-state index >= 15 is 0 Å². The molecule has 0 bridgehead atoms. The Morgan fingerprint density at radius 2 is 1.77 bits per heavy atom. The van der Waals surface area contributed by atoms with Crippen LogP contribution in [0, 0.1) is 0 Å². The van der Waals surface area contributed by atoms with Crippen molar-refractivity contribution in [2.24, 2.45) is 0 Å². The highest BCUT2D eigenvalue weighted by Crippen LogP contribution is 2.41. The first-order valence-corrected chi connectivity index (χ1v) is 8.29. The summed E-state index contributed by atoms with van der Waals surface area (Å²) in [6.45, 7) is 1.53. The fourth-order valence-electron chi connectivity index (χ4n) is 2.43. The summed E-state index contributed by atoms with van der Waals surface area (Å²) in [5.41, 5.74) is 2.49. The summed E-state index contributed by atoms with van der Waals surface area (Å²) in [5.74, 6) is 0.533. The number of thioether (sulfide) groups is 1. The van der Waals surface area contributed by atoms with E-state index in [2.05, 4.69) is 0 Å². The predicted octanol–water partition coefficient (Wildman–Crippen LogP) is 4.32. The largest absolute Gasteiger partial charge is 0.295 e. The van der Waals surface area contributed by atoms with Gasteiger partial charge in [-0.05, 0) is 48.9 Å². The molecule has 0 aromatic heterocycles. The Bertz CT molecular complexity index is 712. The molecule has 1 fully saturated rings. The second-order valence-corrected chi connectivity index (χ2v) is 6.59. The molecule has 0 saturated carbocycles. The highest BCUT2D eigenvalue weighted by molar-refractivity contribution is 8.00. The summed E-state index contributed by atoms with van der Waals surface area (Å²) >= 11 is 7.52. The Morgan fingerprint density at radius 3 is 2.36 bits per heavy atom. The van der Waals surface area contributed by atoms with Gasteiger partial charge >= 0.3 is 0 Å². The van der Waals surface area contributed by atoms with Gasteiger partial charge in [0.05, 0.1) is 5.75 Å². The van der Waals surface area contributed by atoms with Crippen LogP contribution in [0.25, 0.3) is 0 Å². The zero-order chi connectivity index (χ0) is 15.7. The van der Waals surface area contributed by atoms with Crippen LogP contribution >= 0.6 is 23.4 Å². The van der Waals surface area contributed by atoms with E-state index in [9.17, 15) is 9.59 Å². The highest BCUT2D eigenvalue weighted by Gasteiger charge is 2.33. The summed E-state index contributed by atoms with van der Waals surface area (Å²) in [7, 11) is 0. The Morgan fingerprint density at radius 1 is 1.14 bits per heavy atom. The molecule has 0 radical (unpaired) electrons. The summed E-state index contributed by atoms with van der Waals surface area (Å²) in [6, 6.07) is 14.7. The zero-order valence-electron chi connectivity index (χ0n) is 12.0. The number of amides is 1. The molecule has 2 aromatic carbocycles. The first kappa shape index (κ1) is 15.1. The van der Waals surface area contributed by atoms with Crippen molar-refractivity contribution in [3.05, 3.63) is 64.7 Å². The quantitative estimate of drug-likeness (QED) is 0.786. The molecule has 1 unspecified atom stereocenters. The van der Waals surface area contributed by atoms with Crippen LogP contribution in [0.15, 0.2) is 48.5 Å². The molecule has 1 aliphatic rings. The molecule has 1 amide bonds. The number of hydrogen-bond donors (Lipinski definition) is 0. The number of carbonyl (C=O) groups excluding carboxylic acids is 2. The first-order chi connectivity index (χ1) is 10.6. The lowest BCUT2D eigenvalue weighted by Crippen LogP contribution is -2.27. The van der Waals surface area contributed by atoms with Crippen LogP contribution in [0.3, 0.4) is 0 Å². The lowest BCUT2D eigenvalue weighted by Gasteiger charge is -2.24. The third-order valence-electron chi connectivity index (χ3n) is 3.58. The number of nitrogens with zero attached hydrogens (tertiary/aromatic N) is 1. The van der Waals surface area contributed by atoms with E-state index in [4.69, 9.17) is 11.6 Å². The number of carbonyl (C=O) groups is 2. The Kier molecular flexibility index (Phi) is 4.23. The molecule has 0 N–H and O–H groups in total. The van der Waals surface area contributed by atoms with E-state index in [0.717, 1.165) is 11.3 Å². The molecule has 0 aliphatic carbocycles. The maximum atomic E-state index is 12.3. The first-order valence-electron chi connectivity index (χ1n) is 6.86. The molecule has 1 atom stereocenters. The van der Waals surface area contributed by atoms with Crippen LogP contribution in [-0.2, 0) is 4.79 Å². The van der Waals surface area contributed by atoms with Crippen molar-refractivity contribution in [1.29, 1.82) is 0 Å². The van der Waals surface area contributed by atoms with Gasteiger partial charge in [-0.1, -0.05) is 23.7 Å². The third kappa shape index (κ3) is 2.89. The Hall–Kier alpha value is -1.78. The van der Waals surface area contributed by atoms with Gasteiger partial charge in [-0.25, -0.2) is 0 Å². The van der Waals surface area contributed by atoms with Crippen LogP contribution < -0.4 is 4.90 Å². The van der Waals surface area contributed by atoms with Gasteiger partial charge < -0.3 is 0 Å². The van der Waals surface area contributed by atoms with Crippen LogP contribution in [0.2, 0.25) is 5.02 Å². The predicted molar refractivity (Wildman–Crippen MR) is 90.6 cm³/mol. The number of halogens is 1. The molecular formula is C17H14ClNO2S. The fourth-order valence-corrected chi connectivity index (χ4v) is 3.74. The molecule has 1 heterocycles. The second-order valence-electron chi connectivity index (χ2n) is 5.08. The van der Waals surface area contributed by atoms with Crippen LogP contribution in [0.1, 0.15) is 28.2 Å². The van der Waals surface area contributed by atoms with Crippen molar-refractivity contribution in [2.75, 3.05) is 10.7 Å². The van der Waals surface area contributed by atoms with E-state index in [1.54, 1.807) is 28.8 Å². The van der Waals surface area contributed by atoms with Crippen molar-refractivity contribution in [3.63, 3.8) is 0 Å². The van der Waals surface area contributed by atoms with E-state index in [1.807, 2.05) is 36.4 Å². The average Bonchev–Trinajstić information content (AvgIpc) is 2.90. The summed E-state index contributed by atoms with van der Waals surface area (Å²) < 4.78 is 0. The molecule has 2 aromatic rings. The molecule has 1 saturated heterocycles. The Labute approximate surface area is 138 Å². The van der Waals surface area contributed by atoms with Gasteiger partial charge in [-0.15, -0.1) is 11.8 Å². The van der Waals surface area contributed by atoms with Crippen LogP contribution in [0.4, 0.5) is 5.69 Å². The van der Waals surface area contributed by atoms with Gasteiger partial charge in [0.2, 0.25) is 5.91 Å². The number of benzene rings is 2. The van der Waals surface area contributed by atoms with Crippen molar-refractivity contribution in [3.8, 4) is 0 Å². The van der Waals surface area contributed by atoms with E-state index in [1.165, 1.54) is 6.92 Å². The maximum Gasteiger partial charge on any atom is 0.238 e. The minimum Gasteiger partial charge on any atom is -0.295 e. The van der Waals surface area contributed by atoms with Crippen LogP contribution in [0.5, 0.6) is 0 Å². The number of anilines is 1. The lowest BCUT2D eigenvalue weighted by molar-refractivity contribution is -0.115. The number of hydrogen-bond acceptors (Lipinski definition) is 3. The number of rotatable bonds is 3. The van der Waals surface area contributed by atoms with E-state index in [0.29, 0.717) is 16.3 Å². The van der Waals surface area contributed by atoms with Gasteiger partial charge in [-0.2, -0.15) is 0 Å². The summed E-state index contributed by atoms with van der Waals surface area (Å²) in [4.78, 5) is 25.4. The molecule has 112 valence electrons. The summed E-state index contributed by atoms with van der Waals surface area (Å²) in [5, 5.41) is 0.614. The van der Waals surface area contributed by atoms with E-state index in [-0.39, 0.29) is 17.1 Å². The van der Waals surface area contributed by atoms with Crippen molar-refractivity contribution in [2.45, 2.75) is 12.3 Å². The van der Waals surface area contributed by atoms with Crippen LogP contribution in [-0.4, -0.2) is 17.4 Å². The van der Waals surface area contributed by atoms with Crippen molar-refractivity contribution < 1.29 is 9.59 Å². The Balaban J connectivity index is 1.93. The highest BCUT2D eigenvalue weighted by atomic mass is 35.5. The molecule has 3 nitrogen and oxygen atoms in total.